The standard InChI is InChI=1S/C8H11N3O/c12-8-4-7(5-9-11-8)10-6-2-1-3-6/h4-6H,1-3H2,(H2,10,11,12). The van der Waals surface area contributed by atoms with E-state index in [0.717, 1.165) is 5.69 Å². The Kier molecular flexibility index (Phi) is 1.81. The molecule has 0 saturated heterocycles. The van der Waals surface area contributed by atoms with Crippen molar-refractivity contribution in [3.8, 4) is 0 Å². The van der Waals surface area contributed by atoms with Crippen molar-refractivity contribution in [1.29, 1.82) is 0 Å². The number of nitrogens with zero attached hydrogens (tertiary/aromatic N) is 1. The minimum absolute atomic E-state index is 0.153. The van der Waals surface area contributed by atoms with E-state index >= 15 is 0 Å². The summed E-state index contributed by atoms with van der Waals surface area (Å²) in [5.74, 6) is 0. The summed E-state index contributed by atoms with van der Waals surface area (Å²) in [5.41, 5.74) is 0.669. The summed E-state index contributed by atoms with van der Waals surface area (Å²) < 4.78 is 0. The monoisotopic (exact) mass is 165 g/mol. The van der Waals surface area contributed by atoms with E-state index in [0.29, 0.717) is 6.04 Å². The highest BCUT2D eigenvalue weighted by Gasteiger charge is 2.16. The zero-order chi connectivity index (χ0) is 8.39. The van der Waals surface area contributed by atoms with Gasteiger partial charge in [0.25, 0.3) is 5.56 Å². The molecule has 1 aliphatic rings. The summed E-state index contributed by atoms with van der Waals surface area (Å²) in [6.45, 7) is 0. The maximum Gasteiger partial charge on any atom is 0.266 e. The number of anilines is 1. The lowest BCUT2D eigenvalue weighted by Crippen LogP contribution is -2.27. The van der Waals surface area contributed by atoms with Crippen molar-refractivity contribution in [2.24, 2.45) is 0 Å². The van der Waals surface area contributed by atoms with Gasteiger partial charge in [0, 0.05) is 12.1 Å². The second kappa shape index (κ2) is 2.97. The average Bonchev–Trinajstić information content (AvgIpc) is 1.97. The number of aromatic amines is 1. The molecule has 12 heavy (non-hydrogen) atoms. The van der Waals surface area contributed by atoms with Gasteiger partial charge in [-0.05, 0) is 19.3 Å². The topological polar surface area (TPSA) is 57.8 Å². The molecule has 1 aromatic heterocycles. The van der Waals surface area contributed by atoms with Gasteiger partial charge in [-0.15, -0.1) is 0 Å². The van der Waals surface area contributed by atoms with E-state index in [2.05, 4.69) is 15.5 Å². The molecule has 2 rings (SSSR count). The van der Waals surface area contributed by atoms with Crippen LogP contribution in [0, 0.1) is 0 Å². The second-order valence-electron chi connectivity index (χ2n) is 3.11. The third-order valence-electron chi connectivity index (χ3n) is 2.14. The van der Waals surface area contributed by atoms with Crippen molar-refractivity contribution >= 4 is 5.69 Å². The van der Waals surface area contributed by atoms with Crippen LogP contribution < -0.4 is 10.9 Å². The first-order valence-corrected chi connectivity index (χ1v) is 4.16. The summed E-state index contributed by atoms with van der Waals surface area (Å²) in [6.07, 6.45) is 5.33. The molecular formula is C8H11N3O. The summed E-state index contributed by atoms with van der Waals surface area (Å²) in [6, 6.07) is 2.08. The van der Waals surface area contributed by atoms with Gasteiger partial charge in [-0.1, -0.05) is 0 Å². The summed E-state index contributed by atoms with van der Waals surface area (Å²) in [4.78, 5) is 10.8. The first-order chi connectivity index (χ1) is 5.84. The average molecular weight is 165 g/mol. The van der Waals surface area contributed by atoms with Crippen LogP contribution in [0.15, 0.2) is 17.1 Å². The molecule has 1 aliphatic carbocycles. The maximum absolute atomic E-state index is 10.8. The molecule has 0 atom stereocenters. The van der Waals surface area contributed by atoms with Gasteiger partial charge < -0.3 is 5.32 Å². The van der Waals surface area contributed by atoms with Crippen LogP contribution in [0.25, 0.3) is 0 Å². The fourth-order valence-electron chi connectivity index (χ4n) is 1.24. The van der Waals surface area contributed by atoms with Gasteiger partial charge in [0.15, 0.2) is 0 Å². The lowest BCUT2D eigenvalue weighted by Gasteiger charge is -2.26. The van der Waals surface area contributed by atoms with Crippen LogP contribution in [-0.2, 0) is 0 Å². The Hall–Kier alpha value is -1.32. The zero-order valence-corrected chi connectivity index (χ0v) is 6.71. The van der Waals surface area contributed by atoms with E-state index in [-0.39, 0.29) is 5.56 Å². The molecule has 64 valence electrons. The van der Waals surface area contributed by atoms with E-state index < -0.39 is 0 Å². The van der Waals surface area contributed by atoms with Crippen LogP contribution in [0.3, 0.4) is 0 Å². The fraction of sp³-hybridized carbons (Fsp3) is 0.500. The van der Waals surface area contributed by atoms with Crippen LogP contribution in [0.2, 0.25) is 0 Å². The summed E-state index contributed by atoms with van der Waals surface area (Å²) in [7, 11) is 0. The molecule has 0 amide bonds. The van der Waals surface area contributed by atoms with Crippen LogP contribution in [0.1, 0.15) is 19.3 Å². The van der Waals surface area contributed by atoms with Gasteiger partial charge in [-0.3, -0.25) is 4.79 Å². The van der Waals surface area contributed by atoms with E-state index in [1.807, 2.05) is 0 Å². The number of nitrogens with one attached hydrogen (secondary N) is 2. The van der Waals surface area contributed by atoms with Crippen molar-refractivity contribution in [3.63, 3.8) is 0 Å². The van der Waals surface area contributed by atoms with Gasteiger partial charge in [-0.25, -0.2) is 5.10 Å². The number of hydrogen-bond acceptors (Lipinski definition) is 3. The Morgan fingerprint density at radius 3 is 3.00 bits per heavy atom. The van der Waals surface area contributed by atoms with E-state index in [1.165, 1.54) is 25.3 Å². The molecule has 2 N–H and O–H groups in total. The van der Waals surface area contributed by atoms with Crippen molar-refractivity contribution in [2.45, 2.75) is 25.3 Å². The highest BCUT2D eigenvalue weighted by atomic mass is 16.1. The zero-order valence-electron chi connectivity index (χ0n) is 6.71. The molecule has 1 fully saturated rings. The van der Waals surface area contributed by atoms with E-state index in [1.54, 1.807) is 6.20 Å². The largest absolute Gasteiger partial charge is 0.381 e. The lowest BCUT2D eigenvalue weighted by molar-refractivity contribution is 0.445. The Bertz CT molecular complexity index is 316. The van der Waals surface area contributed by atoms with Gasteiger partial charge in [0.05, 0.1) is 11.9 Å². The second-order valence-corrected chi connectivity index (χ2v) is 3.11. The Morgan fingerprint density at radius 1 is 1.58 bits per heavy atom. The predicted octanol–water partition coefficient (Wildman–Crippen LogP) is 0.734. The Morgan fingerprint density at radius 2 is 2.42 bits per heavy atom. The van der Waals surface area contributed by atoms with E-state index in [9.17, 15) is 4.79 Å². The molecule has 4 nitrogen and oxygen atoms in total. The third-order valence-corrected chi connectivity index (χ3v) is 2.14. The van der Waals surface area contributed by atoms with Crippen LogP contribution in [0.5, 0.6) is 0 Å². The Labute approximate surface area is 70.0 Å². The minimum Gasteiger partial charge on any atom is -0.381 e. The molecule has 1 heterocycles. The fourth-order valence-corrected chi connectivity index (χ4v) is 1.24. The third kappa shape index (κ3) is 1.47. The van der Waals surface area contributed by atoms with Gasteiger partial charge in [-0.2, -0.15) is 5.10 Å². The number of hydrogen-bond donors (Lipinski definition) is 2. The maximum atomic E-state index is 10.8. The molecule has 0 spiro atoms. The molecule has 0 bridgehead atoms. The van der Waals surface area contributed by atoms with Crippen LogP contribution in [-0.4, -0.2) is 16.2 Å². The molecule has 0 aromatic carbocycles. The van der Waals surface area contributed by atoms with Crippen LogP contribution in [0.4, 0.5) is 5.69 Å². The van der Waals surface area contributed by atoms with Crippen LogP contribution >= 0.6 is 0 Å². The predicted molar refractivity (Wildman–Crippen MR) is 46.1 cm³/mol. The quantitative estimate of drug-likeness (QED) is 0.679. The molecule has 0 aliphatic heterocycles. The SMILES string of the molecule is O=c1cc(NC2CCC2)cn[nH]1. The van der Waals surface area contributed by atoms with Crippen molar-refractivity contribution in [2.75, 3.05) is 5.32 Å². The molecule has 1 aromatic rings. The smallest absolute Gasteiger partial charge is 0.266 e. The first-order valence-electron chi connectivity index (χ1n) is 4.16. The number of H-pyrrole nitrogens is 1. The van der Waals surface area contributed by atoms with Gasteiger partial charge in [0.2, 0.25) is 0 Å². The minimum atomic E-state index is -0.153. The Balaban J connectivity index is 2.06. The molecule has 0 unspecified atom stereocenters. The summed E-state index contributed by atoms with van der Waals surface area (Å²) in [5, 5.41) is 9.27. The molecular weight excluding hydrogens is 154 g/mol. The molecule has 1 saturated carbocycles. The lowest BCUT2D eigenvalue weighted by atomic mass is 9.93. The van der Waals surface area contributed by atoms with Gasteiger partial charge >= 0.3 is 0 Å². The van der Waals surface area contributed by atoms with Crippen molar-refractivity contribution in [1.82, 2.24) is 10.2 Å². The normalized spacial score (nSPS) is 17.0. The van der Waals surface area contributed by atoms with Crippen molar-refractivity contribution < 1.29 is 0 Å². The van der Waals surface area contributed by atoms with Crippen molar-refractivity contribution in [3.05, 3.63) is 22.6 Å². The molecule has 0 radical (unpaired) electrons. The highest BCUT2D eigenvalue weighted by molar-refractivity contribution is 5.40. The first kappa shape index (κ1) is 7.34. The van der Waals surface area contributed by atoms with Gasteiger partial charge in [0.1, 0.15) is 0 Å². The highest BCUT2D eigenvalue weighted by Crippen LogP contribution is 2.21. The molecule has 4 heteroatoms. The number of rotatable bonds is 2. The number of aromatic nitrogens is 2. The summed E-state index contributed by atoms with van der Waals surface area (Å²) >= 11 is 0. The van der Waals surface area contributed by atoms with E-state index in [4.69, 9.17) is 0 Å².